The Balaban J connectivity index is 1.64. The summed E-state index contributed by atoms with van der Waals surface area (Å²) >= 11 is 1.56. The summed E-state index contributed by atoms with van der Waals surface area (Å²) < 4.78 is 12.9. The molecule has 122 valence electrons. The molecule has 1 unspecified atom stereocenters. The molecule has 1 N–H and O–H groups in total. The molecule has 1 fully saturated rings. The van der Waals surface area contributed by atoms with Crippen molar-refractivity contribution in [3.63, 3.8) is 0 Å². The maximum absolute atomic E-state index is 12.9. The second-order valence-corrected chi connectivity index (χ2v) is 6.81. The highest BCUT2D eigenvalue weighted by molar-refractivity contribution is 7.15. The lowest BCUT2D eigenvalue weighted by atomic mass is 10.1. The van der Waals surface area contributed by atoms with E-state index in [1.54, 1.807) is 30.4 Å². The molecule has 5 nitrogen and oxygen atoms in total. The lowest BCUT2D eigenvalue weighted by molar-refractivity contribution is -0.119. The Labute approximate surface area is 138 Å². The fraction of sp³-hybridized carbons (Fsp3) is 0.438. The van der Waals surface area contributed by atoms with E-state index >= 15 is 0 Å². The number of hydrogen-bond acceptors (Lipinski definition) is 5. The van der Waals surface area contributed by atoms with Crippen LogP contribution >= 0.6 is 11.3 Å². The Kier molecular flexibility index (Phi) is 4.85. The van der Waals surface area contributed by atoms with Crippen molar-refractivity contribution >= 4 is 22.4 Å². The molecule has 0 bridgehead atoms. The van der Waals surface area contributed by atoms with Gasteiger partial charge in [0.2, 0.25) is 11.0 Å². The third kappa shape index (κ3) is 4.25. The van der Waals surface area contributed by atoms with Gasteiger partial charge < -0.3 is 10.2 Å². The summed E-state index contributed by atoms with van der Waals surface area (Å²) in [7, 11) is 0. The van der Waals surface area contributed by atoms with E-state index in [0.717, 1.165) is 41.6 Å². The van der Waals surface area contributed by atoms with E-state index in [4.69, 9.17) is 0 Å². The molecule has 0 spiro atoms. The van der Waals surface area contributed by atoms with Crippen molar-refractivity contribution in [1.29, 1.82) is 0 Å². The number of benzene rings is 1. The van der Waals surface area contributed by atoms with E-state index in [2.05, 4.69) is 20.4 Å². The summed E-state index contributed by atoms with van der Waals surface area (Å²) in [6, 6.07) is 6.62. The van der Waals surface area contributed by atoms with E-state index in [1.165, 1.54) is 12.1 Å². The average molecular weight is 334 g/mol. The summed E-state index contributed by atoms with van der Waals surface area (Å²) in [6.07, 6.45) is 2.68. The predicted molar refractivity (Wildman–Crippen MR) is 88.2 cm³/mol. The first-order chi connectivity index (χ1) is 11.1. The lowest BCUT2D eigenvalue weighted by Gasteiger charge is -2.32. The van der Waals surface area contributed by atoms with Gasteiger partial charge in [-0.2, -0.15) is 0 Å². The summed E-state index contributed by atoms with van der Waals surface area (Å²) in [6.45, 7) is 3.25. The van der Waals surface area contributed by atoms with Gasteiger partial charge in [0.15, 0.2) is 0 Å². The highest BCUT2D eigenvalue weighted by Crippen LogP contribution is 2.25. The van der Waals surface area contributed by atoms with E-state index in [1.807, 2.05) is 0 Å². The Hall–Kier alpha value is -2.02. The molecule has 1 atom stereocenters. The highest BCUT2D eigenvalue weighted by Gasteiger charge is 2.23. The van der Waals surface area contributed by atoms with Crippen molar-refractivity contribution in [3.8, 4) is 0 Å². The minimum Gasteiger partial charge on any atom is -0.352 e. The Morgan fingerprint density at radius 3 is 2.91 bits per heavy atom. The molecule has 1 aromatic heterocycles. The molecule has 7 heteroatoms. The number of anilines is 1. The van der Waals surface area contributed by atoms with Gasteiger partial charge >= 0.3 is 0 Å². The second-order valence-electron chi connectivity index (χ2n) is 5.77. The molecule has 0 radical (unpaired) electrons. The van der Waals surface area contributed by atoms with Gasteiger partial charge in [0.1, 0.15) is 10.8 Å². The van der Waals surface area contributed by atoms with Crippen LogP contribution in [-0.4, -0.2) is 35.2 Å². The molecule has 0 aliphatic carbocycles. The fourth-order valence-electron chi connectivity index (χ4n) is 2.78. The first-order valence-corrected chi connectivity index (χ1v) is 8.50. The number of aromatic nitrogens is 2. The van der Waals surface area contributed by atoms with Crippen LogP contribution in [0.2, 0.25) is 0 Å². The van der Waals surface area contributed by atoms with Gasteiger partial charge in [0.25, 0.3) is 0 Å². The Morgan fingerprint density at radius 1 is 1.39 bits per heavy atom. The van der Waals surface area contributed by atoms with Crippen LogP contribution in [0, 0.1) is 5.82 Å². The molecule has 3 rings (SSSR count). The maximum atomic E-state index is 12.9. The zero-order chi connectivity index (χ0) is 16.2. The minimum absolute atomic E-state index is 0.00566. The summed E-state index contributed by atoms with van der Waals surface area (Å²) in [5.41, 5.74) is 1.02. The van der Waals surface area contributed by atoms with Gasteiger partial charge in [-0.05, 0) is 30.5 Å². The van der Waals surface area contributed by atoms with Crippen LogP contribution in [0.3, 0.4) is 0 Å². The van der Waals surface area contributed by atoms with Crippen LogP contribution in [0.1, 0.15) is 30.3 Å². The van der Waals surface area contributed by atoms with Crippen molar-refractivity contribution in [2.75, 3.05) is 18.0 Å². The predicted octanol–water partition coefficient (Wildman–Crippen LogP) is 2.37. The Bertz CT molecular complexity index is 673. The number of carbonyl (C=O) groups is 1. The standard InChI is InChI=1S/C16H19FN4OS/c1-11(22)18-14-3-2-8-21(10-14)16-20-19-15(23-16)9-12-4-6-13(17)7-5-12/h4-7,14H,2-3,8-10H2,1H3,(H,18,22). The third-order valence-corrected chi connectivity index (χ3v) is 4.81. The molecule has 0 saturated carbocycles. The van der Waals surface area contributed by atoms with E-state index < -0.39 is 0 Å². The average Bonchev–Trinajstić information content (AvgIpc) is 2.98. The van der Waals surface area contributed by atoms with Gasteiger partial charge in [0.05, 0.1) is 0 Å². The SMILES string of the molecule is CC(=O)NC1CCCN(c2nnc(Cc3ccc(F)cc3)s2)C1. The van der Waals surface area contributed by atoms with E-state index in [0.29, 0.717) is 6.42 Å². The van der Waals surface area contributed by atoms with Gasteiger partial charge in [-0.15, -0.1) is 10.2 Å². The zero-order valence-electron chi connectivity index (χ0n) is 13.0. The monoisotopic (exact) mass is 334 g/mol. The van der Waals surface area contributed by atoms with Crippen LogP contribution in [0.5, 0.6) is 0 Å². The van der Waals surface area contributed by atoms with E-state index in [9.17, 15) is 9.18 Å². The van der Waals surface area contributed by atoms with Crippen molar-refractivity contribution in [3.05, 3.63) is 40.7 Å². The van der Waals surface area contributed by atoms with E-state index in [-0.39, 0.29) is 17.8 Å². The number of nitrogens with zero attached hydrogens (tertiary/aromatic N) is 3. The summed E-state index contributed by atoms with van der Waals surface area (Å²) in [5, 5.41) is 13.3. The highest BCUT2D eigenvalue weighted by atomic mass is 32.1. The normalized spacial score (nSPS) is 18.0. The van der Waals surface area contributed by atoms with Gasteiger partial charge in [-0.1, -0.05) is 23.5 Å². The largest absolute Gasteiger partial charge is 0.352 e. The third-order valence-electron chi connectivity index (χ3n) is 3.82. The van der Waals surface area contributed by atoms with Crippen molar-refractivity contribution in [2.24, 2.45) is 0 Å². The fourth-order valence-corrected chi connectivity index (χ4v) is 3.68. The molecule has 1 saturated heterocycles. The Morgan fingerprint density at radius 2 is 2.17 bits per heavy atom. The molecule has 2 heterocycles. The molecule has 1 amide bonds. The zero-order valence-corrected chi connectivity index (χ0v) is 13.8. The molecule has 1 aliphatic heterocycles. The van der Waals surface area contributed by atoms with Crippen LogP contribution < -0.4 is 10.2 Å². The van der Waals surface area contributed by atoms with Crippen LogP contribution in [0.4, 0.5) is 9.52 Å². The number of amides is 1. The first kappa shape index (κ1) is 15.9. The van der Waals surface area contributed by atoms with Crippen LogP contribution in [0.25, 0.3) is 0 Å². The molecular formula is C16H19FN4OS. The number of rotatable bonds is 4. The summed E-state index contributed by atoms with van der Waals surface area (Å²) in [5.74, 6) is -0.227. The minimum atomic E-state index is -0.232. The summed E-state index contributed by atoms with van der Waals surface area (Å²) in [4.78, 5) is 13.4. The smallest absolute Gasteiger partial charge is 0.217 e. The molecular weight excluding hydrogens is 315 g/mol. The van der Waals surface area contributed by atoms with Crippen molar-refractivity contribution in [2.45, 2.75) is 32.2 Å². The lowest BCUT2D eigenvalue weighted by Crippen LogP contribution is -2.47. The number of hydrogen-bond donors (Lipinski definition) is 1. The van der Waals surface area contributed by atoms with Gasteiger partial charge in [-0.3, -0.25) is 4.79 Å². The van der Waals surface area contributed by atoms with Gasteiger partial charge in [-0.25, -0.2) is 4.39 Å². The van der Waals surface area contributed by atoms with Crippen molar-refractivity contribution in [1.82, 2.24) is 15.5 Å². The number of nitrogens with one attached hydrogen (secondary N) is 1. The molecule has 2 aromatic rings. The number of carbonyl (C=O) groups excluding carboxylic acids is 1. The quantitative estimate of drug-likeness (QED) is 0.933. The maximum Gasteiger partial charge on any atom is 0.217 e. The van der Waals surface area contributed by atoms with Gasteiger partial charge in [0, 0.05) is 32.5 Å². The molecule has 23 heavy (non-hydrogen) atoms. The number of halogens is 1. The van der Waals surface area contributed by atoms with Crippen LogP contribution in [-0.2, 0) is 11.2 Å². The topological polar surface area (TPSA) is 58.1 Å². The van der Waals surface area contributed by atoms with Crippen LogP contribution in [0.15, 0.2) is 24.3 Å². The molecule has 1 aromatic carbocycles. The van der Waals surface area contributed by atoms with Crippen molar-refractivity contribution < 1.29 is 9.18 Å². The number of piperidine rings is 1. The second kappa shape index (κ2) is 7.04. The first-order valence-electron chi connectivity index (χ1n) is 7.69. The molecule has 1 aliphatic rings.